The van der Waals surface area contributed by atoms with Crippen molar-refractivity contribution in [2.45, 2.75) is 57.3 Å². The Balaban J connectivity index is 1.56. The van der Waals surface area contributed by atoms with Gasteiger partial charge in [-0.3, -0.25) is 0 Å². The number of rotatable bonds is 3. The van der Waals surface area contributed by atoms with Gasteiger partial charge in [-0.25, -0.2) is 0 Å². The third kappa shape index (κ3) is 2.56. The van der Waals surface area contributed by atoms with Crippen LogP contribution in [0.2, 0.25) is 0 Å². The van der Waals surface area contributed by atoms with Crippen LogP contribution in [0.1, 0.15) is 49.1 Å². The Labute approximate surface area is 107 Å². The van der Waals surface area contributed by atoms with Crippen molar-refractivity contribution < 1.29 is 4.74 Å². The highest BCUT2D eigenvalue weighted by Crippen LogP contribution is 2.33. The fourth-order valence-electron chi connectivity index (χ4n) is 3.01. The van der Waals surface area contributed by atoms with Crippen molar-refractivity contribution in [2.75, 3.05) is 6.54 Å². The van der Waals surface area contributed by atoms with Gasteiger partial charge in [0.1, 0.15) is 0 Å². The number of ether oxygens (including phenoxy) is 1. The molecule has 3 atom stereocenters. The van der Waals surface area contributed by atoms with E-state index in [0.717, 1.165) is 6.54 Å². The Kier molecular flexibility index (Phi) is 3.50. The summed E-state index contributed by atoms with van der Waals surface area (Å²) in [6.07, 6.45) is 7.23. The van der Waals surface area contributed by atoms with Gasteiger partial charge < -0.3 is 10.1 Å². The summed E-state index contributed by atoms with van der Waals surface area (Å²) in [4.78, 5) is 1.59. The lowest BCUT2D eigenvalue weighted by Crippen LogP contribution is -2.31. The second-order valence-corrected chi connectivity index (χ2v) is 6.30. The molecule has 1 aromatic heterocycles. The maximum Gasteiger partial charge on any atom is 0.0704 e. The first-order chi connectivity index (χ1) is 8.33. The SMILES string of the molecule is CC1CCC(CNC2CCCc3sccc32)O1. The topological polar surface area (TPSA) is 21.3 Å². The molecule has 1 aromatic rings. The van der Waals surface area contributed by atoms with Crippen molar-refractivity contribution >= 4 is 11.3 Å². The number of fused-ring (bicyclic) bond motifs is 1. The Morgan fingerprint density at radius 2 is 2.35 bits per heavy atom. The molecule has 0 spiro atoms. The molecular weight excluding hydrogens is 230 g/mol. The average molecular weight is 251 g/mol. The van der Waals surface area contributed by atoms with Gasteiger partial charge in [0, 0.05) is 17.5 Å². The minimum atomic E-state index is 0.439. The number of hydrogen-bond donors (Lipinski definition) is 1. The zero-order valence-electron chi connectivity index (χ0n) is 10.4. The number of nitrogens with one attached hydrogen (secondary N) is 1. The Morgan fingerprint density at radius 1 is 1.41 bits per heavy atom. The highest BCUT2D eigenvalue weighted by molar-refractivity contribution is 7.10. The van der Waals surface area contributed by atoms with E-state index in [-0.39, 0.29) is 0 Å². The Morgan fingerprint density at radius 3 is 3.18 bits per heavy atom. The molecule has 17 heavy (non-hydrogen) atoms. The van der Waals surface area contributed by atoms with Crippen LogP contribution in [0.3, 0.4) is 0 Å². The smallest absolute Gasteiger partial charge is 0.0704 e. The lowest BCUT2D eigenvalue weighted by atomic mass is 9.94. The number of aryl methyl sites for hydroxylation is 1. The summed E-state index contributed by atoms with van der Waals surface area (Å²) in [7, 11) is 0. The van der Waals surface area contributed by atoms with Crippen molar-refractivity contribution in [3.05, 3.63) is 21.9 Å². The number of hydrogen-bond acceptors (Lipinski definition) is 3. The molecule has 1 N–H and O–H groups in total. The average Bonchev–Trinajstić information content (AvgIpc) is 2.94. The molecule has 3 heteroatoms. The van der Waals surface area contributed by atoms with Crippen LogP contribution in [-0.4, -0.2) is 18.8 Å². The first-order valence-corrected chi connectivity index (χ1v) is 7.66. The Bertz CT molecular complexity index is 376. The monoisotopic (exact) mass is 251 g/mol. The zero-order valence-corrected chi connectivity index (χ0v) is 11.3. The summed E-state index contributed by atoms with van der Waals surface area (Å²) in [5.41, 5.74) is 1.55. The molecule has 1 aliphatic heterocycles. The fourth-order valence-corrected chi connectivity index (χ4v) is 4.00. The molecule has 0 amide bonds. The van der Waals surface area contributed by atoms with Gasteiger partial charge in [0.25, 0.3) is 0 Å². The first kappa shape index (κ1) is 11.7. The molecule has 0 radical (unpaired) electrons. The van der Waals surface area contributed by atoms with Crippen LogP contribution in [0.15, 0.2) is 11.4 Å². The summed E-state index contributed by atoms with van der Waals surface area (Å²) in [6.45, 7) is 3.20. The van der Waals surface area contributed by atoms with Crippen LogP contribution >= 0.6 is 11.3 Å². The summed E-state index contributed by atoms with van der Waals surface area (Å²) in [5.74, 6) is 0. The van der Waals surface area contributed by atoms with E-state index in [1.54, 1.807) is 10.4 Å². The summed E-state index contributed by atoms with van der Waals surface area (Å²) >= 11 is 1.92. The van der Waals surface area contributed by atoms with Gasteiger partial charge in [0.05, 0.1) is 12.2 Å². The molecule has 1 saturated heterocycles. The third-order valence-electron chi connectivity index (χ3n) is 3.96. The lowest BCUT2D eigenvalue weighted by molar-refractivity contribution is 0.0539. The largest absolute Gasteiger partial charge is 0.374 e. The van der Waals surface area contributed by atoms with Gasteiger partial charge >= 0.3 is 0 Å². The molecule has 2 aliphatic rings. The summed E-state index contributed by atoms with van der Waals surface area (Å²) in [6, 6.07) is 2.87. The van der Waals surface area contributed by atoms with Crippen molar-refractivity contribution in [1.29, 1.82) is 0 Å². The Hall–Kier alpha value is -0.380. The van der Waals surface area contributed by atoms with E-state index >= 15 is 0 Å². The maximum atomic E-state index is 5.86. The van der Waals surface area contributed by atoms with Crippen molar-refractivity contribution in [1.82, 2.24) is 5.32 Å². The van der Waals surface area contributed by atoms with E-state index in [1.165, 1.54) is 32.1 Å². The summed E-state index contributed by atoms with van der Waals surface area (Å²) < 4.78 is 5.86. The highest BCUT2D eigenvalue weighted by atomic mass is 32.1. The minimum absolute atomic E-state index is 0.439. The molecule has 3 rings (SSSR count). The van der Waals surface area contributed by atoms with Crippen molar-refractivity contribution in [3.63, 3.8) is 0 Å². The van der Waals surface area contributed by atoms with Crippen molar-refractivity contribution in [3.8, 4) is 0 Å². The van der Waals surface area contributed by atoms with Crippen LogP contribution in [0.25, 0.3) is 0 Å². The van der Waals surface area contributed by atoms with Crippen LogP contribution in [0, 0.1) is 0 Å². The van der Waals surface area contributed by atoms with Gasteiger partial charge in [0.15, 0.2) is 0 Å². The fraction of sp³-hybridized carbons (Fsp3) is 0.714. The second kappa shape index (κ2) is 5.09. The standard InChI is InChI=1S/C14H21NOS/c1-10-5-6-11(16-10)9-15-13-3-2-4-14-12(13)7-8-17-14/h7-8,10-11,13,15H,2-6,9H2,1H3. The minimum Gasteiger partial charge on any atom is -0.374 e. The molecule has 2 nitrogen and oxygen atoms in total. The normalized spacial score (nSPS) is 32.6. The van der Waals surface area contributed by atoms with E-state index in [4.69, 9.17) is 4.74 Å². The molecule has 94 valence electrons. The van der Waals surface area contributed by atoms with E-state index in [9.17, 15) is 0 Å². The van der Waals surface area contributed by atoms with Crippen molar-refractivity contribution in [2.24, 2.45) is 0 Å². The van der Waals surface area contributed by atoms with Crippen LogP contribution in [-0.2, 0) is 11.2 Å². The number of thiophene rings is 1. The van der Waals surface area contributed by atoms with E-state index < -0.39 is 0 Å². The predicted octanol–water partition coefficient (Wildman–Crippen LogP) is 3.28. The zero-order chi connectivity index (χ0) is 11.7. The lowest BCUT2D eigenvalue weighted by Gasteiger charge is -2.25. The molecular formula is C14H21NOS. The van der Waals surface area contributed by atoms with Gasteiger partial charge in [-0.1, -0.05) is 0 Å². The van der Waals surface area contributed by atoms with Crippen LogP contribution in [0.4, 0.5) is 0 Å². The van der Waals surface area contributed by atoms with E-state index in [2.05, 4.69) is 23.7 Å². The highest BCUT2D eigenvalue weighted by Gasteiger charge is 2.25. The molecule has 2 heterocycles. The molecule has 3 unspecified atom stereocenters. The molecule has 0 bridgehead atoms. The molecule has 1 aliphatic carbocycles. The van der Waals surface area contributed by atoms with Gasteiger partial charge in [-0.2, -0.15) is 0 Å². The van der Waals surface area contributed by atoms with Crippen LogP contribution < -0.4 is 5.32 Å². The second-order valence-electron chi connectivity index (χ2n) is 5.30. The van der Waals surface area contributed by atoms with Gasteiger partial charge in [-0.15, -0.1) is 11.3 Å². The van der Waals surface area contributed by atoms with E-state index in [1.807, 2.05) is 11.3 Å². The van der Waals surface area contributed by atoms with Crippen LogP contribution in [0.5, 0.6) is 0 Å². The predicted molar refractivity (Wildman–Crippen MR) is 71.6 cm³/mol. The maximum absolute atomic E-state index is 5.86. The quantitative estimate of drug-likeness (QED) is 0.890. The van der Waals surface area contributed by atoms with E-state index in [0.29, 0.717) is 18.2 Å². The molecule has 1 fully saturated rings. The first-order valence-electron chi connectivity index (χ1n) is 6.78. The third-order valence-corrected chi connectivity index (χ3v) is 4.96. The molecule has 0 aromatic carbocycles. The van der Waals surface area contributed by atoms with Gasteiger partial charge in [0.2, 0.25) is 0 Å². The molecule has 0 saturated carbocycles. The summed E-state index contributed by atoms with van der Waals surface area (Å²) in [5, 5.41) is 5.94. The van der Waals surface area contributed by atoms with Gasteiger partial charge in [-0.05, 0) is 56.0 Å².